The zero-order chi connectivity index (χ0) is 25.9. The number of fused-ring (bicyclic) bond motifs is 2. The number of hydrogen-bond acceptors (Lipinski definition) is 7. The van der Waals surface area contributed by atoms with Gasteiger partial charge in [0.25, 0.3) is 0 Å². The fourth-order valence-electron chi connectivity index (χ4n) is 4.97. The van der Waals surface area contributed by atoms with Gasteiger partial charge in [-0.3, -0.25) is 14.7 Å². The Balaban J connectivity index is 1.45. The van der Waals surface area contributed by atoms with E-state index >= 15 is 0 Å². The van der Waals surface area contributed by atoms with Crippen LogP contribution in [0.3, 0.4) is 0 Å². The van der Waals surface area contributed by atoms with Gasteiger partial charge in [0.05, 0.1) is 37.0 Å². The van der Waals surface area contributed by atoms with Gasteiger partial charge in [-0.25, -0.2) is 0 Å². The van der Waals surface area contributed by atoms with Crippen molar-refractivity contribution in [3.05, 3.63) is 76.6 Å². The Morgan fingerprint density at radius 2 is 1.70 bits per heavy atom. The summed E-state index contributed by atoms with van der Waals surface area (Å²) in [5.74, 6) is 1.50. The monoisotopic (exact) mass is 498 g/mol. The van der Waals surface area contributed by atoms with Gasteiger partial charge in [-0.2, -0.15) is 0 Å². The molecule has 1 saturated heterocycles. The maximum atomic E-state index is 13.7. The molecule has 0 aliphatic carbocycles. The van der Waals surface area contributed by atoms with Gasteiger partial charge in [0.1, 0.15) is 11.5 Å². The number of benzene rings is 2. The van der Waals surface area contributed by atoms with Crippen LogP contribution >= 0.6 is 0 Å². The smallest absolute Gasteiger partial charge is 0.195 e. The number of anilines is 2. The molecule has 0 saturated carbocycles. The van der Waals surface area contributed by atoms with Crippen molar-refractivity contribution in [2.75, 3.05) is 50.6 Å². The second-order valence-electron chi connectivity index (χ2n) is 9.74. The summed E-state index contributed by atoms with van der Waals surface area (Å²) in [4.78, 5) is 23.2. The van der Waals surface area contributed by atoms with E-state index in [4.69, 9.17) is 9.47 Å². The molecule has 1 N–H and O–H groups in total. The highest BCUT2D eigenvalue weighted by Crippen LogP contribution is 2.27. The predicted molar refractivity (Wildman–Crippen MR) is 151 cm³/mol. The van der Waals surface area contributed by atoms with Gasteiger partial charge in [-0.05, 0) is 55.6 Å². The van der Waals surface area contributed by atoms with Crippen LogP contribution in [0, 0.1) is 0 Å². The average Bonchev–Trinajstić information content (AvgIpc) is 3.07. The molecule has 7 nitrogen and oxygen atoms in total. The summed E-state index contributed by atoms with van der Waals surface area (Å²) in [5.41, 5.74) is 3.59. The standard InChI is InChI=1S/C30H34N4O3/c1-20(2)33-11-13-34(14-12-33)24-16-27-28(32-19-24)10-7-21-5-8-23(15-26(21)30(27)35)31-18-22-6-9-25(36-3)17-29(22)37-4/h5-10,15-17,19-20,31H,11-14,18H2,1-4H3. The summed E-state index contributed by atoms with van der Waals surface area (Å²) >= 11 is 0. The molecule has 0 spiro atoms. The lowest BCUT2D eigenvalue weighted by molar-refractivity contribution is 0.209. The first-order chi connectivity index (χ1) is 18.0. The van der Waals surface area contributed by atoms with Gasteiger partial charge in [-0.1, -0.05) is 12.1 Å². The van der Waals surface area contributed by atoms with Crippen LogP contribution < -0.4 is 25.1 Å². The number of hydrogen-bond donors (Lipinski definition) is 1. The van der Waals surface area contributed by atoms with Crippen LogP contribution in [0.5, 0.6) is 11.5 Å². The minimum Gasteiger partial charge on any atom is -0.497 e. The molecule has 0 atom stereocenters. The van der Waals surface area contributed by atoms with E-state index in [1.807, 2.05) is 60.8 Å². The van der Waals surface area contributed by atoms with E-state index in [0.29, 0.717) is 28.9 Å². The van der Waals surface area contributed by atoms with E-state index in [-0.39, 0.29) is 5.43 Å². The van der Waals surface area contributed by atoms with Gasteiger partial charge in [0.2, 0.25) is 0 Å². The van der Waals surface area contributed by atoms with E-state index in [1.54, 1.807) is 14.2 Å². The molecule has 0 bridgehead atoms. The first kappa shape index (κ1) is 24.8. The molecule has 2 heterocycles. The lowest BCUT2D eigenvalue weighted by Crippen LogP contribution is -2.48. The van der Waals surface area contributed by atoms with Gasteiger partial charge in [-0.15, -0.1) is 0 Å². The van der Waals surface area contributed by atoms with E-state index in [2.05, 4.69) is 33.9 Å². The maximum Gasteiger partial charge on any atom is 0.195 e. The Morgan fingerprint density at radius 1 is 0.919 bits per heavy atom. The van der Waals surface area contributed by atoms with Gasteiger partial charge in [0, 0.05) is 61.5 Å². The molecule has 37 heavy (non-hydrogen) atoms. The van der Waals surface area contributed by atoms with E-state index in [1.165, 1.54) is 0 Å². The van der Waals surface area contributed by atoms with E-state index in [0.717, 1.165) is 60.0 Å². The highest BCUT2D eigenvalue weighted by Gasteiger charge is 2.19. The SMILES string of the molecule is COc1ccc(CNc2ccc3ccc4ncc(N5CCN(C(C)C)CC5)cc4c(=O)c3c2)c(OC)c1. The van der Waals surface area contributed by atoms with Crippen molar-refractivity contribution >= 4 is 33.1 Å². The quantitative estimate of drug-likeness (QED) is 0.388. The molecule has 0 amide bonds. The minimum atomic E-state index is -0.00385. The van der Waals surface area contributed by atoms with Crippen molar-refractivity contribution in [2.24, 2.45) is 0 Å². The summed E-state index contributed by atoms with van der Waals surface area (Å²) in [6, 6.07) is 18.1. The molecule has 5 rings (SSSR count). The van der Waals surface area contributed by atoms with E-state index < -0.39 is 0 Å². The van der Waals surface area contributed by atoms with Crippen LogP contribution in [-0.4, -0.2) is 56.3 Å². The third-order valence-electron chi connectivity index (χ3n) is 7.25. The highest BCUT2D eigenvalue weighted by molar-refractivity contribution is 5.94. The van der Waals surface area contributed by atoms with Crippen molar-refractivity contribution in [2.45, 2.75) is 26.4 Å². The fraction of sp³-hybridized carbons (Fsp3) is 0.333. The number of nitrogens with zero attached hydrogens (tertiary/aromatic N) is 3. The van der Waals surface area contributed by atoms with Crippen molar-refractivity contribution in [1.29, 1.82) is 0 Å². The Morgan fingerprint density at radius 3 is 2.43 bits per heavy atom. The molecular formula is C30H34N4O3. The van der Waals surface area contributed by atoms with Crippen molar-refractivity contribution in [1.82, 2.24) is 9.88 Å². The number of aromatic nitrogens is 1. The third kappa shape index (κ3) is 5.18. The number of rotatable bonds is 7. The molecule has 192 valence electrons. The van der Waals surface area contributed by atoms with Crippen LogP contribution in [0.2, 0.25) is 0 Å². The summed E-state index contributed by atoms with van der Waals surface area (Å²) in [5, 5.41) is 5.65. The summed E-state index contributed by atoms with van der Waals surface area (Å²) in [6.07, 6.45) is 1.90. The minimum absolute atomic E-state index is 0.00385. The zero-order valence-electron chi connectivity index (χ0n) is 22.0. The number of nitrogens with one attached hydrogen (secondary N) is 1. The molecule has 1 aromatic heterocycles. The number of methoxy groups -OCH3 is 2. The van der Waals surface area contributed by atoms with Crippen molar-refractivity contribution in [3.63, 3.8) is 0 Å². The van der Waals surface area contributed by atoms with Crippen LogP contribution in [0.1, 0.15) is 19.4 Å². The highest BCUT2D eigenvalue weighted by atomic mass is 16.5. The molecule has 0 unspecified atom stereocenters. The fourth-order valence-corrected chi connectivity index (χ4v) is 4.97. The van der Waals surface area contributed by atoms with Gasteiger partial charge >= 0.3 is 0 Å². The second-order valence-corrected chi connectivity index (χ2v) is 9.74. The zero-order valence-corrected chi connectivity index (χ0v) is 22.0. The topological polar surface area (TPSA) is 66.9 Å². The van der Waals surface area contributed by atoms with E-state index in [9.17, 15) is 4.79 Å². The number of ether oxygens (including phenoxy) is 2. The molecular weight excluding hydrogens is 464 g/mol. The molecule has 3 aromatic carbocycles. The molecule has 1 fully saturated rings. The van der Waals surface area contributed by atoms with Crippen LogP contribution in [0.15, 0.2) is 65.6 Å². The molecule has 7 heteroatoms. The first-order valence-electron chi connectivity index (χ1n) is 12.8. The summed E-state index contributed by atoms with van der Waals surface area (Å²) < 4.78 is 10.8. The Kier molecular flexibility index (Phi) is 7.15. The molecule has 1 aliphatic heterocycles. The summed E-state index contributed by atoms with van der Waals surface area (Å²) in [6.45, 7) is 8.92. The number of pyridine rings is 1. The lowest BCUT2D eigenvalue weighted by atomic mass is 10.1. The Labute approximate surface area is 217 Å². The summed E-state index contributed by atoms with van der Waals surface area (Å²) in [7, 11) is 3.28. The first-order valence-corrected chi connectivity index (χ1v) is 12.8. The van der Waals surface area contributed by atoms with Crippen molar-refractivity contribution in [3.8, 4) is 11.5 Å². The largest absolute Gasteiger partial charge is 0.497 e. The average molecular weight is 499 g/mol. The van der Waals surface area contributed by atoms with Crippen LogP contribution in [0.4, 0.5) is 11.4 Å². The molecule has 1 aliphatic rings. The van der Waals surface area contributed by atoms with Crippen LogP contribution in [0.25, 0.3) is 21.7 Å². The lowest BCUT2D eigenvalue weighted by Gasteiger charge is -2.38. The number of piperazine rings is 1. The molecule has 0 radical (unpaired) electrons. The van der Waals surface area contributed by atoms with Crippen molar-refractivity contribution < 1.29 is 9.47 Å². The normalized spacial score (nSPS) is 14.4. The van der Waals surface area contributed by atoms with Gasteiger partial charge in [0.15, 0.2) is 5.43 Å². The Bertz CT molecular complexity index is 1480. The Hall–Kier alpha value is -3.84. The second kappa shape index (κ2) is 10.6. The van der Waals surface area contributed by atoms with Gasteiger partial charge < -0.3 is 19.7 Å². The molecule has 4 aromatic rings. The third-order valence-corrected chi connectivity index (χ3v) is 7.25. The maximum absolute atomic E-state index is 13.7. The predicted octanol–water partition coefficient (Wildman–Crippen LogP) is 4.91. The van der Waals surface area contributed by atoms with Crippen LogP contribution in [-0.2, 0) is 6.54 Å².